The molecule has 0 aliphatic carbocycles. The molecule has 0 aliphatic heterocycles. The summed E-state index contributed by atoms with van der Waals surface area (Å²) in [6.45, 7) is 0.152. The lowest BCUT2D eigenvalue weighted by atomic mass is 10.2. The molecule has 1 aromatic carbocycles. The van der Waals surface area contributed by atoms with Crippen LogP contribution in [-0.2, 0) is 11.3 Å². The van der Waals surface area contributed by atoms with E-state index in [1.54, 1.807) is 30.3 Å². The fourth-order valence-electron chi connectivity index (χ4n) is 1.54. The van der Waals surface area contributed by atoms with Crippen molar-refractivity contribution in [3.63, 3.8) is 0 Å². The van der Waals surface area contributed by atoms with Gasteiger partial charge < -0.3 is 20.2 Å². The van der Waals surface area contributed by atoms with Crippen LogP contribution in [0.15, 0.2) is 47.1 Å². The third-order valence-electron chi connectivity index (χ3n) is 2.53. The summed E-state index contributed by atoms with van der Waals surface area (Å²) < 4.78 is 10.4. The molecule has 1 heterocycles. The lowest BCUT2D eigenvalue weighted by Crippen LogP contribution is -2.28. The maximum absolute atomic E-state index is 11.6. The smallest absolute Gasteiger partial charge is 0.258 e. The molecule has 0 saturated heterocycles. The Kier molecular flexibility index (Phi) is 4.39. The molecule has 2 rings (SSSR count). The van der Waals surface area contributed by atoms with Gasteiger partial charge in [0.05, 0.1) is 12.8 Å². The Morgan fingerprint density at radius 2 is 2.10 bits per heavy atom. The molecule has 3 N–H and O–H groups in total. The van der Waals surface area contributed by atoms with Crippen molar-refractivity contribution < 1.29 is 18.7 Å². The van der Waals surface area contributed by atoms with Crippen LogP contribution in [0.3, 0.4) is 0 Å². The molecule has 104 valence electrons. The van der Waals surface area contributed by atoms with E-state index in [1.165, 1.54) is 12.3 Å². The van der Waals surface area contributed by atoms with Gasteiger partial charge >= 0.3 is 0 Å². The van der Waals surface area contributed by atoms with Crippen LogP contribution < -0.4 is 15.8 Å². The quantitative estimate of drug-likeness (QED) is 0.823. The highest BCUT2D eigenvalue weighted by atomic mass is 16.5. The largest absolute Gasteiger partial charge is 0.484 e. The van der Waals surface area contributed by atoms with Crippen molar-refractivity contribution in [2.75, 3.05) is 6.61 Å². The minimum Gasteiger partial charge on any atom is -0.484 e. The summed E-state index contributed by atoms with van der Waals surface area (Å²) in [7, 11) is 0. The molecule has 6 heteroatoms. The van der Waals surface area contributed by atoms with Crippen molar-refractivity contribution in [1.29, 1.82) is 0 Å². The molecule has 6 nitrogen and oxygen atoms in total. The standard InChI is InChI=1S/C14H14N2O4/c15-14(18)10-3-1-4-11(7-10)20-9-13(17)16-8-12-5-2-6-19-12/h1-7H,8-9H2,(H2,15,18)(H,16,17). The fourth-order valence-corrected chi connectivity index (χ4v) is 1.54. The molecule has 20 heavy (non-hydrogen) atoms. The fraction of sp³-hybridized carbons (Fsp3) is 0.143. The molecule has 0 fully saturated rings. The summed E-state index contributed by atoms with van der Waals surface area (Å²) in [4.78, 5) is 22.6. The van der Waals surface area contributed by atoms with E-state index in [2.05, 4.69) is 5.32 Å². The van der Waals surface area contributed by atoms with Gasteiger partial charge in [0.15, 0.2) is 6.61 Å². The minimum atomic E-state index is -0.544. The highest BCUT2D eigenvalue weighted by Crippen LogP contribution is 2.12. The molecule has 0 aliphatic rings. The zero-order valence-electron chi connectivity index (χ0n) is 10.7. The van der Waals surface area contributed by atoms with E-state index >= 15 is 0 Å². The van der Waals surface area contributed by atoms with Crippen LogP contribution in [0, 0.1) is 0 Å². The van der Waals surface area contributed by atoms with Crippen LogP contribution in [0.25, 0.3) is 0 Å². The lowest BCUT2D eigenvalue weighted by Gasteiger charge is -2.07. The number of benzene rings is 1. The van der Waals surface area contributed by atoms with Crippen LogP contribution in [0.5, 0.6) is 5.75 Å². The average molecular weight is 274 g/mol. The van der Waals surface area contributed by atoms with E-state index in [0.29, 0.717) is 23.6 Å². The zero-order chi connectivity index (χ0) is 14.4. The monoisotopic (exact) mass is 274 g/mol. The maximum Gasteiger partial charge on any atom is 0.258 e. The first-order valence-electron chi connectivity index (χ1n) is 5.97. The third kappa shape index (κ3) is 3.88. The third-order valence-corrected chi connectivity index (χ3v) is 2.53. The number of ether oxygens (including phenoxy) is 1. The second kappa shape index (κ2) is 6.42. The normalized spacial score (nSPS) is 10.0. The summed E-state index contributed by atoms with van der Waals surface area (Å²) >= 11 is 0. The Morgan fingerprint density at radius 3 is 2.80 bits per heavy atom. The number of nitrogens with one attached hydrogen (secondary N) is 1. The van der Waals surface area contributed by atoms with Gasteiger partial charge in [0.25, 0.3) is 5.91 Å². The minimum absolute atomic E-state index is 0.150. The number of hydrogen-bond donors (Lipinski definition) is 2. The molecule has 1 aromatic heterocycles. The second-order valence-corrected chi connectivity index (χ2v) is 4.04. The molecule has 0 unspecified atom stereocenters. The Labute approximate surface area is 115 Å². The van der Waals surface area contributed by atoms with Gasteiger partial charge in [0.1, 0.15) is 11.5 Å². The number of rotatable bonds is 6. The van der Waals surface area contributed by atoms with E-state index in [1.807, 2.05) is 0 Å². The van der Waals surface area contributed by atoms with E-state index in [4.69, 9.17) is 14.9 Å². The van der Waals surface area contributed by atoms with Crippen LogP contribution in [0.1, 0.15) is 16.1 Å². The molecule has 0 radical (unpaired) electrons. The first-order chi connectivity index (χ1) is 9.65. The van der Waals surface area contributed by atoms with Crippen molar-refractivity contribution in [3.05, 3.63) is 54.0 Å². The number of primary amides is 1. The van der Waals surface area contributed by atoms with E-state index in [0.717, 1.165) is 0 Å². The Hall–Kier alpha value is -2.76. The second-order valence-electron chi connectivity index (χ2n) is 4.04. The summed E-state index contributed by atoms with van der Waals surface area (Å²) in [6.07, 6.45) is 1.54. The van der Waals surface area contributed by atoms with Crippen molar-refractivity contribution in [3.8, 4) is 5.75 Å². The molecule has 2 amide bonds. The molecule has 0 bridgehead atoms. The van der Waals surface area contributed by atoms with Gasteiger partial charge in [-0.05, 0) is 30.3 Å². The SMILES string of the molecule is NC(=O)c1cccc(OCC(=O)NCc2ccco2)c1. The zero-order valence-corrected chi connectivity index (χ0v) is 10.7. The molecule has 0 atom stereocenters. The van der Waals surface area contributed by atoms with Crippen molar-refractivity contribution in [2.24, 2.45) is 5.73 Å². The number of carbonyl (C=O) groups is 2. The van der Waals surface area contributed by atoms with Gasteiger partial charge in [-0.1, -0.05) is 6.07 Å². The van der Waals surface area contributed by atoms with E-state index in [9.17, 15) is 9.59 Å². The number of furan rings is 1. The molecule has 0 saturated carbocycles. The van der Waals surface area contributed by atoms with Gasteiger partial charge in [-0.2, -0.15) is 0 Å². The summed E-state index contributed by atoms with van der Waals surface area (Å²) in [6, 6.07) is 9.85. The van der Waals surface area contributed by atoms with Gasteiger partial charge in [0, 0.05) is 5.56 Å². The summed E-state index contributed by atoms with van der Waals surface area (Å²) in [5, 5.41) is 2.64. The van der Waals surface area contributed by atoms with Gasteiger partial charge in [-0.25, -0.2) is 0 Å². The lowest BCUT2D eigenvalue weighted by molar-refractivity contribution is -0.123. The van der Waals surface area contributed by atoms with E-state index in [-0.39, 0.29) is 12.5 Å². The average Bonchev–Trinajstić information content (AvgIpc) is 2.96. The van der Waals surface area contributed by atoms with E-state index < -0.39 is 5.91 Å². The topological polar surface area (TPSA) is 94.6 Å². The van der Waals surface area contributed by atoms with Crippen LogP contribution in [0.2, 0.25) is 0 Å². The van der Waals surface area contributed by atoms with Crippen molar-refractivity contribution in [1.82, 2.24) is 5.32 Å². The number of amides is 2. The molecular weight excluding hydrogens is 260 g/mol. The Morgan fingerprint density at radius 1 is 1.25 bits per heavy atom. The van der Waals surface area contributed by atoms with Gasteiger partial charge in [0.2, 0.25) is 5.91 Å². The maximum atomic E-state index is 11.6. The first kappa shape index (κ1) is 13.7. The molecule has 0 spiro atoms. The highest BCUT2D eigenvalue weighted by Gasteiger charge is 2.06. The molecular formula is C14H14N2O4. The van der Waals surface area contributed by atoms with Crippen LogP contribution in [-0.4, -0.2) is 18.4 Å². The highest BCUT2D eigenvalue weighted by molar-refractivity contribution is 5.93. The van der Waals surface area contributed by atoms with Gasteiger partial charge in [-0.15, -0.1) is 0 Å². The van der Waals surface area contributed by atoms with Crippen molar-refractivity contribution >= 4 is 11.8 Å². The molecule has 2 aromatic rings. The summed E-state index contributed by atoms with van der Waals surface area (Å²) in [5.41, 5.74) is 5.49. The predicted octanol–water partition coefficient (Wildman–Crippen LogP) is 1.07. The first-order valence-corrected chi connectivity index (χ1v) is 5.97. The number of hydrogen-bond acceptors (Lipinski definition) is 4. The van der Waals surface area contributed by atoms with Crippen molar-refractivity contribution in [2.45, 2.75) is 6.54 Å². The number of nitrogens with two attached hydrogens (primary N) is 1. The number of carbonyl (C=O) groups excluding carboxylic acids is 2. The summed E-state index contributed by atoms with van der Waals surface area (Å²) in [5.74, 6) is 0.243. The predicted molar refractivity (Wildman–Crippen MR) is 71.0 cm³/mol. The van der Waals surface area contributed by atoms with Crippen LogP contribution >= 0.6 is 0 Å². The Bertz CT molecular complexity index is 593. The van der Waals surface area contributed by atoms with Gasteiger partial charge in [-0.3, -0.25) is 9.59 Å². The van der Waals surface area contributed by atoms with Crippen LogP contribution in [0.4, 0.5) is 0 Å². The Balaban J connectivity index is 1.81.